The molecule has 1 N–H and O–H groups in total. The van der Waals surface area contributed by atoms with Gasteiger partial charge in [-0.2, -0.15) is 0 Å². The van der Waals surface area contributed by atoms with Gasteiger partial charge in [-0.25, -0.2) is 4.98 Å². The van der Waals surface area contributed by atoms with Gasteiger partial charge in [0, 0.05) is 20.0 Å². The Kier molecular flexibility index (Phi) is 3.24. The minimum Gasteiger partial charge on any atom is -0.435 e. The van der Waals surface area contributed by atoms with E-state index in [0.29, 0.717) is 17.6 Å². The van der Waals surface area contributed by atoms with Crippen molar-refractivity contribution < 1.29 is 9.21 Å². The van der Waals surface area contributed by atoms with Crippen LogP contribution in [0.3, 0.4) is 0 Å². The number of aromatic nitrogens is 1. The second kappa shape index (κ2) is 4.65. The van der Waals surface area contributed by atoms with Gasteiger partial charge in [-0.3, -0.25) is 4.79 Å². The number of nitrogens with zero attached hydrogens (tertiary/aromatic N) is 2. The van der Waals surface area contributed by atoms with Gasteiger partial charge in [-0.15, -0.1) is 0 Å². The van der Waals surface area contributed by atoms with Gasteiger partial charge in [0.05, 0.1) is 6.20 Å². The lowest BCUT2D eigenvalue weighted by molar-refractivity contribution is 0.0793. The topological polar surface area (TPSA) is 58.4 Å². The SMILES string of the molecule is CN(C)C(=O)c1cnc(C2CCNCC2)o1. The summed E-state index contributed by atoms with van der Waals surface area (Å²) in [6.07, 6.45) is 3.58. The summed E-state index contributed by atoms with van der Waals surface area (Å²) in [5.41, 5.74) is 0. The first kappa shape index (κ1) is 11.1. The van der Waals surface area contributed by atoms with Gasteiger partial charge in [-0.1, -0.05) is 0 Å². The van der Waals surface area contributed by atoms with Gasteiger partial charge in [0.25, 0.3) is 5.91 Å². The largest absolute Gasteiger partial charge is 0.435 e. The molecule has 0 unspecified atom stereocenters. The summed E-state index contributed by atoms with van der Waals surface area (Å²) in [4.78, 5) is 17.3. The zero-order valence-electron chi connectivity index (χ0n) is 9.69. The summed E-state index contributed by atoms with van der Waals surface area (Å²) in [5, 5.41) is 3.29. The Morgan fingerprint density at radius 2 is 2.19 bits per heavy atom. The number of rotatable bonds is 2. The maximum Gasteiger partial charge on any atom is 0.290 e. The van der Waals surface area contributed by atoms with Crippen molar-refractivity contribution in [1.82, 2.24) is 15.2 Å². The van der Waals surface area contributed by atoms with Crippen LogP contribution in [0.5, 0.6) is 0 Å². The molecule has 88 valence electrons. The van der Waals surface area contributed by atoms with Crippen molar-refractivity contribution in [2.45, 2.75) is 18.8 Å². The first-order valence-corrected chi connectivity index (χ1v) is 5.56. The maximum atomic E-state index is 11.6. The quantitative estimate of drug-likeness (QED) is 0.807. The van der Waals surface area contributed by atoms with E-state index in [1.807, 2.05) is 0 Å². The fourth-order valence-electron chi connectivity index (χ4n) is 1.86. The lowest BCUT2D eigenvalue weighted by atomic mass is 9.98. The molecule has 1 amide bonds. The Morgan fingerprint density at radius 1 is 1.50 bits per heavy atom. The Morgan fingerprint density at radius 3 is 2.81 bits per heavy atom. The molecule has 1 aromatic heterocycles. The molecule has 1 fully saturated rings. The third kappa shape index (κ3) is 2.24. The van der Waals surface area contributed by atoms with E-state index in [1.54, 1.807) is 14.1 Å². The van der Waals surface area contributed by atoms with E-state index in [1.165, 1.54) is 11.1 Å². The fourth-order valence-corrected chi connectivity index (χ4v) is 1.86. The number of hydrogen-bond donors (Lipinski definition) is 1. The summed E-state index contributed by atoms with van der Waals surface area (Å²) >= 11 is 0. The van der Waals surface area contributed by atoms with E-state index in [-0.39, 0.29) is 5.91 Å². The Balaban J connectivity index is 2.09. The van der Waals surface area contributed by atoms with E-state index in [0.717, 1.165) is 25.9 Å². The molecule has 0 aromatic carbocycles. The van der Waals surface area contributed by atoms with E-state index in [4.69, 9.17) is 4.42 Å². The van der Waals surface area contributed by atoms with Crippen molar-refractivity contribution in [1.29, 1.82) is 0 Å². The lowest BCUT2D eigenvalue weighted by Crippen LogP contribution is -2.26. The first-order chi connectivity index (χ1) is 7.68. The van der Waals surface area contributed by atoms with Crippen LogP contribution in [0.15, 0.2) is 10.6 Å². The Bertz CT molecular complexity index is 367. The predicted molar refractivity (Wildman–Crippen MR) is 59.4 cm³/mol. The minimum atomic E-state index is -0.132. The van der Waals surface area contributed by atoms with Crippen molar-refractivity contribution in [3.8, 4) is 0 Å². The zero-order chi connectivity index (χ0) is 11.5. The lowest BCUT2D eigenvalue weighted by Gasteiger charge is -2.19. The van der Waals surface area contributed by atoms with Crippen LogP contribution in [-0.2, 0) is 0 Å². The average Bonchev–Trinajstić information content (AvgIpc) is 2.78. The second-order valence-electron chi connectivity index (χ2n) is 4.29. The van der Waals surface area contributed by atoms with Crippen LogP contribution in [0.1, 0.15) is 35.2 Å². The van der Waals surface area contributed by atoms with Crippen molar-refractivity contribution in [2.75, 3.05) is 27.2 Å². The van der Waals surface area contributed by atoms with E-state index in [2.05, 4.69) is 10.3 Å². The molecule has 0 saturated carbocycles. The van der Waals surface area contributed by atoms with Crippen LogP contribution in [0.25, 0.3) is 0 Å². The number of carbonyl (C=O) groups is 1. The Hall–Kier alpha value is -1.36. The number of oxazole rings is 1. The van der Waals surface area contributed by atoms with Gasteiger partial charge in [0.1, 0.15) is 0 Å². The number of amides is 1. The monoisotopic (exact) mass is 223 g/mol. The van der Waals surface area contributed by atoms with Crippen LogP contribution < -0.4 is 5.32 Å². The number of piperidine rings is 1. The standard InChI is InChI=1S/C11H17N3O2/c1-14(2)11(15)9-7-13-10(16-9)8-3-5-12-6-4-8/h7-8,12H,3-6H2,1-2H3. The molecule has 5 heteroatoms. The molecule has 0 radical (unpaired) electrons. The van der Waals surface area contributed by atoms with Crippen molar-refractivity contribution in [2.24, 2.45) is 0 Å². The van der Waals surface area contributed by atoms with Crippen LogP contribution in [0, 0.1) is 0 Å². The molecular formula is C11H17N3O2. The predicted octanol–water partition coefficient (Wildman–Crippen LogP) is 0.843. The third-order valence-electron chi connectivity index (χ3n) is 2.83. The molecule has 1 saturated heterocycles. The van der Waals surface area contributed by atoms with Gasteiger partial charge < -0.3 is 14.6 Å². The normalized spacial score (nSPS) is 17.4. The minimum absolute atomic E-state index is 0.132. The molecule has 2 heterocycles. The number of hydrogen-bond acceptors (Lipinski definition) is 4. The molecule has 0 spiro atoms. The zero-order valence-corrected chi connectivity index (χ0v) is 9.69. The molecule has 0 atom stereocenters. The van der Waals surface area contributed by atoms with Gasteiger partial charge >= 0.3 is 0 Å². The van der Waals surface area contributed by atoms with Gasteiger partial charge in [0.2, 0.25) is 5.76 Å². The highest BCUT2D eigenvalue weighted by molar-refractivity contribution is 5.90. The van der Waals surface area contributed by atoms with Gasteiger partial charge in [0.15, 0.2) is 5.89 Å². The van der Waals surface area contributed by atoms with E-state index >= 15 is 0 Å². The molecule has 0 aliphatic carbocycles. The molecule has 1 aromatic rings. The summed E-state index contributed by atoms with van der Waals surface area (Å²) in [7, 11) is 3.41. The first-order valence-electron chi connectivity index (χ1n) is 5.56. The van der Waals surface area contributed by atoms with E-state index < -0.39 is 0 Å². The summed E-state index contributed by atoms with van der Waals surface area (Å²) < 4.78 is 5.52. The van der Waals surface area contributed by atoms with Crippen LogP contribution in [-0.4, -0.2) is 43.0 Å². The highest BCUT2D eigenvalue weighted by atomic mass is 16.4. The summed E-state index contributed by atoms with van der Waals surface area (Å²) in [5.74, 6) is 1.25. The molecule has 1 aliphatic rings. The summed E-state index contributed by atoms with van der Waals surface area (Å²) in [6.45, 7) is 1.98. The molecule has 5 nitrogen and oxygen atoms in total. The van der Waals surface area contributed by atoms with E-state index in [9.17, 15) is 4.79 Å². The third-order valence-corrected chi connectivity index (χ3v) is 2.83. The summed E-state index contributed by atoms with van der Waals surface area (Å²) in [6, 6.07) is 0. The Labute approximate surface area is 94.8 Å². The smallest absolute Gasteiger partial charge is 0.290 e. The molecule has 2 rings (SSSR count). The highest BCUT2D eigenvalue weighted by Gasteiger charge is 2.22. The fraction of sp³-hybridized carbons (Fsp3) is 0.636. The van der Waals surface area contributed by atoms with Gasteiger partial charge in [-0.05, 0) is 25.9 Å². The molecule has 0 bridgehead atoms. The number of carbonyl (C=O) groups excluding carboxylic acids is 1. The van der Waals surface area contributed by atoms with Crippen LogP contribution >= 0.6 is 0 Å². The van der Waals surface area contributed by atoms with Crippen LogP contribution in [0.4, 0.5) is 0 Å². The maximum absolute atomic E-state index is 11.6. The van der Waals surface area contributed by atoms with Crippen molar-refractivity contribution in [3.63, 3.8) is 0 Å². The van der Waals surface area contributed by atoms with Crippen molar-refractivity contribution >= 4 is 5.91 Å². The molecule has 1 aliphatic heterocycles. The van der Waals surface area contributed by atoms with Crippen LogP contribution in [0.2, 0.25) is 0 Å². The number of nitrogens with one attached hydrogen (secondary N) is 1. The average molecular weight is 223 g/mol. The molecule has 16 heavy (non-hydrogen) atoms. The van der Waals surface area contributed by atoms with Crippen molar-refractivity contribution in [3.05, 3.63) is 17.8 Å². The molecular weight excluding hydrogens is 206 g/mol. The second-order valence-corrected chi connectivity index (χ2v) is 4.29. The highest BCUT2D eigenvalue weighted by Crippen LogP contribution is 2.24.